The van der Waals surface area contributed by atoms with E-state index in [0.717, 1.165) is 24.3 Å². The van der Waals surface area contributed by atoms with Gasteiger partial charge in [0.15, 0.2) is 6.61 Å². The number of carbonyl (C=O) groups excluding carboxylic acids is 2. The SMILES string of the molecule is O=C(COC(=O)c1cc(Br)ccc1F)Nc1cc(F)ccc1F. The third-order valence-corrected chi connectivity index (χ3v) is 3.18. The first-order chi connectivity index (χ1) is 10.9. The maximum absolute atomic E-state index is 13.5. The lowest BCUT2D eigenvalue weighted by Gasteiger charge is -2.08. The molecule has 0 saturated carbocycles. The predicted molar refractivity (Wildman–Crippen MR) is 79.4 cm³/mol. The molecule has 0 fully saturated rings. The monoisotopic (exact) mass is 387 g/mol. The summed E-state index contributed by atoms with van der Waals surface area (Å²) in [6.45, 7) is -0.777. The van der Waals surface area contributed by atoms with Crippen LogP contribution in [-0.2, 0) is 9.53 Å². The Labute approximate surface area is 137 Å². The molecule has 1 N–H and O–H groups in total. The number of hydrogen-bond acceptors (Lipinski definition) is 3. The van der Waals surface area contributed by atoms with Crippen LogP contribution in [0.4, 0.5) is 18.9 Å². The molecular formula is C15H9BrF3NO3. The van der Waals surface area contributed by atoms with E-state index in [1.54, 1.807) is 0 Å². The molecule has 0 aromatic heterocycles. The Bertz CT molecular complexity index is 768. The Morgan fingerprint density at radius 2 is 1.74 bits per heavy atom. The highest BCUT2D eigenvalue weighted by atomic mass is 79.9. The zero-order chi connectivity index (χ0) is 17.0. The standard InChI is InChI=1S/C15H9BrF3NO3/c16-8-1-3-11(18)10(5-8)15(22)23-7-14(21)20-13-6-9(17)2-4-12(13)19/h1-6H,7H2,(H,20,21). The van der Waals surface area contributed by atoms with E-state index >= 15 is 0 Å². The number of hydrogen-bond donors (Lipinski definition) is 1. The third-order valence-electron chi connectivity index (χ3n) is 2.69. The Hall–Kier alpha value is -2.35. The van der Waals surface area contributed by atoms with Crippen LogP contribution in [0.1, 0.15) is 10.4 Å². The first-order valence-corrected chi connectivity index (χ1v) is 7.03. The van der Waals surface area contributed by atoms with Gasteiger partial charge in [0, 0.05) is 10.5 Å². The fraction of sp³-hybridized carbons (Fsp3) is 0.0667. The van der Waals surface area contributed by atoms with Gasteiger partial charge in [0.1, 0.15) is 17.5 Å². The molecule has 0 radical (unpaired) electrons. The summed E-state index contributed by atoms with van der Waals surface area (Å²) in [5.74, 6) is -4.34. The second-order valence-corrected chi connectivity index (χ2v) is 5.29. The maximum atomic E-state index is 13.5. The molecule has 2 aromatic carbocycles. The molecule has 2 rings (SSSR count). The Balaban J connectivity index is 1.97. The van der Waals surface area contributed by atoms with Gasteiger partial charge in [-0.2, -0.15) is 0 Å². The van der Waals surface area contributed by atoms with E-state index in [4.69, 9.17) is 0 Å². The van der Waals surface area contributed by atoms with Crippen LogP contribution in [0, 0.1) is 17.5 Å². The van der Waals surface area contributed by atoms with Gasteiger partial charge in [-0.15, -0.1) is 0 Å². The highest BCUT2D eigenvalue weighted by Crippen LogP contribution is 2.17. The quantitative estimate of drug-likeness (QED) is 0.814. The molecule has 120 valence electrons. The smallest absolute Gasteiger partial charge is 0.341 e. The molecule has 0 aliphatic rings. The molecule has 0 saturated heterocycles. The lowest BCUT2D eigenvalue weighted by atomic mass is 10.2. The average Bonchev–Trinajstić information content (AvgIpc) is 2.51. The van der Waals surface area contributed by atoms with Gasteiger partial charge in [-0.3, -0.25) is 4.79 Å². The van der Waals surface area contributed by atoms with E-state index in [9.17, 15) is 22.8 Å². The van der Waals surface area contributed by atoms with E-state index in [-0.39, 0.29) is 11.3 Å². The van der Waals surface area contributed by atoms with Crippen molar-refractivity contribution in [2.75, 3.05) is 11.9 Å². The number of carbonyl (C=O) groups is 2. The summed E-state index contributed by atoms with van der Waals surface area (Å²) < 4.78 is 44.9. The third kappa shape index (κ3) is 4.56. The largest absolute Gasteiger partial charge is 0.452 e. The van der Waals surface area contributed by atoms with E-state index in [1.807, 2.05) is 5.32 Å². The molecule has 0 aliphatic carbocycles. The lowest BCUT2D eigenvalue weighted by molar-refractivity contribution is -0.119. The fourth-order valence-electron chi connectivity index (χ4n) is 1.64. The van der Waals surface area contributed by atoms with Crippen LogP contribution in [0.3, 0.4) is 0 Å². The van der Waals surface area contributed by atoms with Crippen LogP contribution in [0.5, 0.6) is 0 Å². The van der Waals surface area contributed by atoms with Gasteiger partial charge in [0.05, 0.1) is 11.3 Å². The van der Waals surface area contributed by atoms with Crippen LogP contribution in [0.2, 0.25) is 0 Å². The summed E-state index contributed by atoms with van der Waals surface area (Å²) in [7, 11) is 0. The van der Waals surface area contributed by atoms with E-state index in [0.29, 0.717) is 4.47 Å². The minimum Gasteiger partial charge on any atom is -0.452 e. The Morgan fingerprint density at radius 3 is 2.48 bits per heavy atom. The average molecular weight is 388 g/mol. The van der Waals surface area contributed by atoms with Crippen LogP contribution >= 0.6 is 15.9 Å². The molecule has 0 aliphatic heterocycles. The number of esters is 1. The minimum absolute atomic E-state index is 0.357. The van der Waals surface area contributed by atoms with Crippen LogP contribution in [0.25, 0.3) is 0 Å². The summed E-state index contributed by atoms with van der Waals surface area (Å²) in [6, 6.07) is 6.16. The van der Waals surface area contributed by atoms with Crippen molar-refractivity contribution in [2.24, 2.45) is 0 Å². The number of rotatable bonds is 4. The molecule has 0 bridgehead atoms. The van der Waals surface area contributed by atoms with Gasteiger partial charge in [0.25, 0.3) is 5.91 Å². The Morgan fingerprint density at radius 1 is 1.04 bits per heavy atom. The van der Waals surface area contributed by atoms with Crippen molar-refractivity contribution < 1.29 is 27.5 Å². The zero-order valence-electron chi connectivity index (χ0n) is 11.4. The molecule has 0 unspecified atom stereocenters. The molecule has 1 amide bonds. The topological polar surface area (TPSA) is 55.4 Å². The van der Waals surface area contributed by atoms with Gasteiger partial charge in [-0.05, 0) is 30.3 Å². The van der Waals surface area contributed by atoms with Gasteiger partial charge in [0.2, 0.25) is 0 Å². The predicted octanol–water partition coefficient (Wildman–Crippen LogP) is 3.66. The summed E-state index contributed by atoms with van der Waals surface area (Å²) >= 11 is 3.07. The van der Waals surface area contributed by atoms with Crippen molar-refractivity contribution in [2.45, 2.75) is 0 Å². The van der Waals surface area contributed by atoms with Crippen molar-refractivity contribution in [1.82, 2.24) is 0 Å². The summed E-state index contributed by atoms with van der Waals surface area (Å²) in [5.41, 5.74) is -0.746. The number of ether oxygens (including phenoxy) is 1. The van der Waals surface area contributed by atoms with Crippen LogP contribution < -0.4 is 5.32 Å². The highest BCUT2D eigenvalue weighted by Gasteiger charge is 2.16. The van der Waals surface area contributed by atoms with Gasteiger partial charge in [-0.25, -0.2) is 18.0 Å². The van der Waals surface area contributed by atoms with Gasteiger partial charge >= 0.3 is 5.97 Å². The molecule has 0 heterocycles. The molecule has 0 spiro atoms. The lowest BCUT2D eigenvalue weighted by Crippen LogP contribution is -2.22. The molecular weight excluding hydrogens is 379 g/mol. The highest BCUT2D eigenvalue weighted by molar-refractivity contribution is 9.10. The van der Waals surface area contributed by atoms with E-state index < -0.39 is 35.9 Å². The van der Waals surface area contributed by atoms with Crippen LogP contribution in [-0.4, -0.2) is 18.5 Å². The fourth-order valence-corrected chi connectivity index (χ4v) is 2.00. The van der Waals surface area contributed by atoms with Gasteiger partial charge in [-0.1, -0.05) is 15.9 Å². The van der Waals surface area contributed by atoms with Crippen molar-refractivity contribution in [3.05, 3.63) is 63.9 Å². The van der Waals surface area contributed by atoms with E-state index in [2.05, 4.69) is 20.7 Å². The summed E-state index contributed by atoms with van der Waals surface area (Å²) in [5, 5.41) is 2.05. The Kier molecular flexibility index (Phi) is 5.38. The number of amides is 1. The molecule has 0 atom stereocenters. The van der Waals surface area contributed by atoms with Crippen LogP contribution in [0.15, 0.2) is 40.9 Å². The minimum atomic E-state index is -1.06. The maximum Gasteiger partial charge on any atom is 0.341 e. The van der Waals surface area contributed by atoms with Crippen molar-refractivity contribution in [1.29, 1.82) is 0 Å². The second kappa shape index (κ2) is 7.28. The molecule has 23 heavy (non-hydrogen) atoms. The normalized spacial score (nSPS) is 10.3. The summed E-state index contributed by atoms with van der Waals surface area (Å²) in [4.78, 5) is 23.3. The first-order valence-electron chi connectivity index (χ1n) is 6.24. The molecule has 8 heteroatoms. The van der Waals surface area contributed by atoms with Crippen molar-refractivity contribution >= 4 is 33.5 Å². The second-order valence-electron chi connectivity index (χ2n) is 4.37. The molecule has 4 nitrogen and oxygen atoms in total. The van der Waals surface area contributed by atoms with Crippen molar-refractivity contribution in [3.63, 3.8) is 0 Å². The number of anilines is 1. The summed E-state index contributed by atoms with van der Waals surface area (Å²) in [6.07, 6.45) is 0. The number of nitrogens with one attached hydrogen (secondary N) is 1. The first kappa shape index (κ1) is 17.0. The van der Waals surface area contributed by atoms with Gasteiger partial charge < -0.3 is 10.1 Å². The number of halogens is 4. The number of benzene rings is 2. The van der Waals surface area contributed by atoms with Crippen molar-refractivity contribution in [3.8, 4) is 0 Å². The zero-order valence-corrected chi connectivity index (χ0v) is 13.0. The van der Waals surface area contributed by atoms with E-state index in [1.165, 1.54) is 12.1 Å². The molecule has 2 aromatic rings.